The third-order valence-electron chi connectivity index (χ3n) is 4.74. The number of alkyl halides is 3. The molecule has 7 heteroatoms. The minimum absolute atomic E-state index is 0.0823. The van der Waals surface area contributed by atoms with Crippen LogP contribution in [0.4, 0.5) is 13.2 Å². The maximum atomic E-state index is 12.7. The first-order valence-electron chi connectivity index (χ1n) is 8.33. The van der Waals surface area contributed by atoms with Gasteiger partial charge in [0.25, 0.3) is 0 Å². The second-order valence-electron chi connectivity index (χ2n) is 6.77. The molecule has 0 bridgehead atoms. The molecule has 2 fully saturated rings. The van der Waals surface area contributed by atoms with Crippen LogP contribution in [0.5, 0.6) is 5.75 Å². The molecule has 2 N–H and O–H groups in total. The molecular formula is C17H23F3N2O2. The van der Waals surface area contributed by atoms with Gasteiger partial charge < -0.3 is 20.1 Å². The van der Waals surface area contributed by atoms with E-state index in [0.29, 0.717) is 13.1 Å². The highest BCUT2D eigenvalue weighted by Gasteiger charge is 2.34. The Balaban J connectivity index is 1.50. The zero-order valence-electron chi connectivity index (χ0n) is 13.5. The summed E-state index contributed by atoms with van der Waals surface area (Å²) in [7, 11) is 0. The van der Waals surface area contributed by atoms with Gasteiger partial charge in [0.1, 0.15) is 11.9 Å². The summed E-state index contributed by atoms with van der Waals surface area (Å²) in [6.45, 7) is 3.66. The highest BCUT2D eigenvalue weighted by Crippen LogP contribution is 2.32. The molecule has 0 spiro atoms. The van der Waals surface area contributed by atoms with Crippen molar-refractivity contribution in [3.8, 4) is 5.75 Å². The largest absolute Gasteiger partial charge is 0.490 e. The highest BCUT2D eigenvalue weighted by molar-refractivity contribution is 5.30. The van der Waals surface area contributed by atoms with Crippen molar-refractivity contribution in [3.63, 3.8) is 0 Å². The minimum atomic E-state index is -4.35. The second-order valence-corrected chi connectivity index (χ2v) is 6.77. The molecule has 1 aromatic rings. The number of halogens is 3. The van der Waals surface area contributed by atoms with E-state index in [1.54, 1.807) is 6.07 Å². The van der Waals surface area contributed by atoms with Gasteiger partial charge in [-0.3, -0.25) is 0 Å². The van der Waals surface area contributed by atoms with E-state index in [4.69, 9.17) is 4.74 Å². The molecule has 0 saturated carbocycles. The van der Waals surface area contributed by atoms with Crippen LogP contribution >= 0.6 is 0 Å². The van der Waals surface area contributed by atoms with Gasteiger partial charge in [0.05, 0.1) is 11.2 Å². The van der Waals surface area contributed by atoms with Crippen LogP contribution in [0.25, 0.3) is 0 Å². The first-order chi connectivity index (χ1) is 11.3. The average molecular weight is 344 g/mol. The molecule has 134 valence electrons. The Morgan fingerprint density at radius 3 is 2.67 bits per heavy atom. The van der Waals surface area contributed by atoms with Crippen molar-refractivity contribution in [3.05, 3.63) is 29.8 Å². The molecule has 24 heavy (non-hydrogen) atoms. The number of rotatable bonds is 4. The van der Waals surface area contributed by atoms with E-state index in [0.717, 1.165) is 51.0 Å². The number of likely N-dealkylation sites (tertiary alicyclic amines) is 1. The van der Waals surface area contributed by atoms with Crippen molar-refractivity contribution in [2.24, 2.45) is 0 Å². The summed E-state index contributed by atoms with van der Waals surface area (Å²) in [4.78, 5) is 2.21. The number of piperidine rings is 1. The summed E-state index contributed by atoms with van der Waals surface area (Å²) >= 11 is 0. The fourth-order valence-electron chi connectivity index (χ4n) is 3.41. The van der Waals surface area contributed by atoms with E-state index in [-0.39, 0.29) is 11.9 Å². The van der Waals surface area contributed by atoms with Crippen LogP contribution in [0.3, 0.4) is 0 Å². The molecule has 2 heterocycles. The lowest BCUT2D eigenvalue weighted by Crippen LogP contribution is -2.48. The number of nitrogens with zero attached hydrogens (tertiary/aromatic N) is 1. The van der Waals surface area contributed by atoms with Crippen molar-refractivity contribution < 1.29 is 23.0 Å². The van der Waals surface area contributed by atoms with Gasteiger partial charge in [-0.05, 0) is 44.0 Å². The molecule has 0 amide bonds. The third kappa shape index (κ3) is 4.40. The molecule has 0 unspecified atom stereocenters. The normalized spacial score (nSPS) is 26.7. The van der Waals surface area contributed by atoms with Gasteiger partial charge in [0.15, 0.2) is 0 Å². The number of hydrogen-bond donors (Lipinski definition) is 2. The van der Waals surface area contributed by atoms with Crippen molar-refractivity contribution in [1.29, 1.82) is 0 Å². The standard InChI is InChI=1S/C17H23F3N2O2/c18-17(19,20)13-2-1-3-15(10-13)24-14-4-8-22(9-5-14)12-16(23)6-7-21-11-16/h1-3,10,14,21,23H,4-9,11-12H2/t16-/m0/s1. The van der Waals surface area contributed by atoms with Gasteiger partial charge in [-0.25, -0.2) is 0 Å². The minimum Gasteiger partial charge on any atom is -0.490 e. The molecule has 0 aliphatic carbocycles. The second kappa shape index (κ2) is 6.90. The van der Waals surface area contributed by atoms with Gasteiger partial charge in [0, 0.05) is 26.2 Å². The summed E-state index contributed by atoms with van der Waals surface area (Å²) < 4.78 is 43.9. The fourth-order valence-corrected chi connectivity index (χ4v) is 3.41. The van der Waals surface area contributed by atoms with E-state index in [1.165, 1.54) is 6.07 Å². The third-order valence-corrected chi connectivity index (χ3v) is 4.74. The van der Waals surface area contributed by atoms with Gasteiger partial charge in [-0.2, -0.15) is 13.2 Å². The molecule has 4 nitrogen and oxygen atoms in total. The Morgan fingerprint density at radius 2 is 2.04 bits per heavy atom. The lowest BCUT2D eigenvalue weighted by molar-refractivity contribution is -0.137. The fraction of sp³-hybridized carbons (Fsp3) is 0.647. The van der Waals surface area contributed by atoms with Crippen molar-refractivity contribution in [2.75, 3.05) is 32.7 Å². The van der Waals surface area contributed by atoms with Gasteiger partial charge in [0.2, 0.25) is 0 Å². The number of nitrogens with one attached hydrogen (secondary N) is 1. The zero-order chi connectivity index (χ0) is 17.2. The van der Waals surface area contributed by atoms with Crippen LogP contribution in [-0.4, -0.2) is 54.4 Å². The number of hydrogen-bond acceptors (Lipinski definition) is 4. The topological polar surface area (TPSA) is 44.7 Å². The van der Waals surface area contributed by atoms with Crippen LogP contribution in [0.15, 0.2) is 24.3 Å². The summed E-state index contributed by atoms with van der Waals surface area (Å²) in [6, 6.07) is 5.04. The van der Waals surface area contributed by atoms with E-state index in [2.05, 4.69) is 10.2 Å². The number of β-amino-alcohol motifs (C(OH)–C–C–N with tert-alkyl or cyclic N) is 1. The van der Waals surface area contributed by atoms with E-state index < -0.39 is 17.3 Å². The van der Waals surface area contributed by atoms with Gasteiger partial charge in [-0.15, -0.1) is 0 Å². The van der Waals surface area contributed by atoms with Crippen LogP contribution in [-0.2, 0) is 6.18 Å². The summed E-state index contributed by atoms with van der Waals surface area (Å²) in [5.41, 5.74) is -1.34. The summed E-state index contributed by atoms with van der Waals surface area (Å²) in [5, 5.41) is 13.6. The SMILES string of the molecule is O[C@@]1(CN2CCC(Oc3cccc(C(F)(F)F)c3)CC2)CCNC1. The van der Waals surface area contributed by atoms with Crippen LogP contribution in [0.2, 0.25) is 0 Å². The predicted octanol–water partition coefficient (Wildman–Crippen LogP) is 2.27. The molecule has 2 saturated heterocycles. The molecule has 0 aromatic heterocycles. The van der Waals surface area contributed by atoms with Crippen LogP contribution in [0.1, 0.15) is 24.8 Å². The Labute approximate surface area is 139 Å². The molecule has 1 atom stereocenters. The number of ether oxygens (including phenoxy) is 1. The summed E-state index contributed by atoms with van der Waals surface area (Å²) in [5.74, 6) is 0.266. The molecule has 3 rings (SSSR count). The predicted molar refractivity (Wildman–Crippen MR) is 84.0 cm³/mol. The van der Waals surface area contributed by atoms with Crippen molar-refractivity contribution >= 4 is 0 Å². The summed E-state index contributed by atoms with van der Waals surface area (Å²) in [6.07, 6.45) is -2.18. The molecule has 2 aliphatic rings. The molecule has 1 aromatic carbocycles. The molecule has 0 radical (unpaired) electrons. The molecule has 2 aliphatic heterocycles. The number of aliphatic hydroxyl groups is 1. The maximum absolute atomic E-state index is 12.7. The Morgan fingerprint density at radius 1 is 1.29 bits per heavy atom. The molecular weight excluding hydrogens is 321 g/mol. The van der Waals surface area contributed by atoms with Crippen molar-refractivity contribution in [2.45, 2.75) is 37.1 Å². The maximum Gasteiger partial charge on any atom is 0.416 e. The lowest BCUT2D eigenvalue weighted by atomic mass is 10.00. The lowest BCUT2D eigenvalue weighted by Gasteiger charge is -2.36. The zero-order valence-corrected chi connectivity index (χ0v) is 13.5. The average Bonchev–Trinajstić information content (AvgIpc) is 2.95. The van der Waals surface area contributed by atoms with Gasteiger partial charge in [-0.1, -0.05) is 6.07 Å². The monoisotopic (exact) mass is 344 g/mol. The van der Waals surface area contributed by atoms with E-state index >= 15 is 0 Å². The number of benzene rings is 1. The van der Waals surface area contributed by atoms with Crippen molar-refractivity contribution in [1.82, 2.24) is 10.2 Å². The van der Waals surface area contributed by atoms with E-state index in [1.807, 2.05) is 0 Å². The smallest absolute Gasteiger partial charge is 0.416 e. The van der Waals surface area contributed by atoms with Crippen LogP contribution in [0, 0.1) is 0 Å². The van der Waals surface area contributed by atoms with Crippen LogP contribution < -0.4 is 10.1 Å². The Kier molecular flexibility index (Phi) is 5.03. The first-order valence-corrected chi connectivity index (χ1v) is 8.33. The highest BCUT2D eigenvalue weighted by atomic mass is 19.4. The first kappa shape index (κ1) is 17.5. The quantitative estimate of drug-likeness (QED) is 0.880. The van der Waals surface area contributed by atoms with Gasteiger partial charge >= 0.3 is 6.18 Å². The Hall–Kier alpha value is -1.31. The Bertz CT molecular complexity index is 551. The van der Waals surface area contributed by atoms with E-state index in [9.17, 15) is 18.3 Å².